The molecule has 0 saturated carbocycles. The van der Waals surface area contributed by atoms with Crippen LogP contribution in [-0.2, 0) is 0 Å². The van der Waals surface area contributed by atoms with E-state index >= 15 is 0 Å². The van der Waals surface area contributed by atoms with Gasteiger partial charge in [-0.1, -0.05) is 49.8 Å². The highest BCUT2D eigenvalue weighted by molar-refractivity contribution is 5.31. The van der Waals surface area contributed by atoms with Gasteiger partial charge in [0, 0.05) is 0 Å². The maximum Gasteiger partial charge on any atom is 0.127 e. The fourth-order valence-corrected chi connectivity index (χ4v) is 1.26. The van der Waals surface area contributed by atoms with E-state index in [4.69, 9.17) is 4.74 Å². The molecule has 0 amide bonds. The van der Waals surface area contributed by atoms with E-state index in [0.29, 0.717) is 0 Å². The Bertz CT molecular complexity index is 408. The summed E-state index contributed by atoms with van der Waals surface area (Å²) in [5.74, 6) is 1.65. The third-order valence-electron chi connectivity index (χ3n) is 1.98. The lowest BCUT2D eigenvalue weighted by Gasteiger charge is -2.06. The van der Waals surface area contributed by atoms with Crippen LogP contribution in [0.1, 0.15) is 33.3 Å². The molecule has 0 radical (unpaired) electrons. The SMILES string of the molecule is C=C(C)/C=C(\C=C/C)Oc1ccc(C)cc1.CC. The first-order chi connectivity index (χ1) is 8.61. The van der Waals surface area contributed by atoms with Crippen LogP contribution in [0.15, 0.2) is 60.4 Å². The van der Waals surface area contributed by atoms with Crippen LogP contribution in [0.4, 0.5) is 0 Å². The minimum Gasteiger partial charge on any atom is -0.457 e. The molecule has 1 aromatic carbocycles. The summed E-state index contributed by atoms with van der Waals surface area (Å²) < 4.78 is 5.73. The van der Waals surface area contributed by atoms with Gasteiger partial charge in [0.2, 0.25) is 0 Å². The van der Waals surface area contributed by atoms with Gasteiger partial charge < -0.3 is 4.74 Å². The highest BCUT2D eigenvalue weighted by Crippen LogP contribution is 2.16. The quantitative estimate of drug-likeness (QED) is 0.506. The van der Waals surface area contributed by atoms with Crippen molar-refractivity contribution in [1.29, 1.82) is 0 Å². The lowest BCUT2D eigenvalue weighted by Crippen LogP contribution is -1.92. The predicted octanol–water partition coefficient (Wildman–Crippen LogP) is 5.44. The van der Waals surface area contributed by atoms with Crippen LogP contribution in [-0.4, -0.2) is 0 Å². The molecule has 98 valence electrons. The molecule has 1 heteroatoms. The van der Waals surface area contributed by atoms with Crippen LogP contribution >= 0.6 is 0 Å². The van der Waals surface area contributed by atoms with Gasteiger partial charge in [-0.3, -0.25) is 0 Å². The number of benzene rings is 1. The third-order valence-corrected chi connectivity index (χ3v) is 1.98. The smallest absolute Gasteiger partial charge is 0.127 e. The Kier molecular flexibility index (Phi) is 8.38. The summed E-state index contributed by atoms with van der Waals surface area (Å²) in [5.41, 5.74) is 2.20. The summed E-state index contributed by atoms with van der Waals surface area (Å²) in [6.45, 7) is 13.8. The Labute approximate surface area is 111 Å². The summed E-state index contributed by atoms with van der Waals surface area (Å²) in [6.07, 6.45) is 5.79. The standard InChI is InChI=1S/C15H18O.C2H6/c1-5-6-15(11-12(2)3)16-14-9-7-13(4)8-10-14;1-2/h5-11H,2H2,1,3-4H3;1-2H3/b6-5-,15-11+;. The molecule has 1 rings (SSSR count). The molecule has 0 N–H and O–H groups in total. The molecule has 0 aromatic heterocycles. The molecule has 0 fully saturated rings. The molecular formula is C17H24O. The van der Waals surface area contributed by atoms with Crippen molar-refractivity contribution < 1.29 is 4.74 Å². The van der Waals surface area contributed by atoms with E-state index in [1.165, 1.54) is 5.56 Å². The van der Waals surface area contributed by atoms with Gasteiger partial charge >= 0.3 is 0 Å². The lowest BCUT2D eigenvalue weighted by molar-refractivity contribution is 0.444. The van der Waals surface area contributed by atoms with E-state index in [2.05, 4.69) is 13.5 Å². The first kappa shape index (κ1) is 16.2. The fraction of sp³-hybridized carbons (Fsp3) is 0.294. The number of allylic oxidation sites excluding steroid dienone is 4. The predicted molar refractivity (Wildman–Crippen MR) is 80.9 cm³/mol. The molecular weight excluding hydrogens is 220 g/mol. The van der Waals surface area contributed by atoms with Gasteiger partial charge in [0.05, 0.1) is 0 Å². The molecule has 0 heterocycles. The Balaban J connectivity index is 0.00000137. The number of rotatable bonds is 4. The maximum absolute atomic E-state index is 5.73. The van der Waals surface area contributed by atoms with Crippen LogP contribution < -0.4 is 4.74 Å². The van der Waals surface area contributed by atoms with E-state index in [-0.39, 0.29) is 0 Å². The second-order valence-corrected chi connectivity index (χ2v) is 3.81. The monoisotopic (exact) mass is 244 g/mol. The van der Waals surface area contributed by atoms with Gasteiger partial charge in [0.15, 0.2) is 0 Å². The number of ether oxygens (including phenoxy) is 1. The zero-order chi connectivity index (χ0) is 14.0. The molecule has 1 nitrogen and oxygen atoms in total. The second kappa shape index (κ2) is 9.29. The number of aryl methyl sites for hydroxylation is 1. The highest BCUT2D eigenvalue weighted by Gasteiger charge is 1.96. The van der Waals surface area contributed by atoms with Crippen molar-refractivity contribution in [1.82, 2.24) is 0 Å². The van der Waals surface area contributed by atoms with Crippen LogP contribution in [0, 0.1) is 6.92 Å². The van der Waals surface area contributed by atoms with Gasteiger partial charge in [-0.15, -0.1) is 0 Å². The zero-order valence-corrected chi connectivity index (χ0v) is 12.2. The lowest BCUT2D eigenvalue weighted by atomic mass is 10.2. The molecule has 1 aromatic rings. The van der Waals surface area contributed by atoms with Crippen LogP contribution in [0.5, 0.6) is 5.75 Å². The Hall–Kier alpha value is -1.76. The van der Waals surface area contributed by atoms with Gasteiger partial charge in [-0.2, -0.15) is 0 Å². The fourth-order valence-electron chi connectivity index (χ4n) is 1.26. The molecule has 0 spiro atoms. The van der Waals surface area contributed by atoms with Crippen LogP contribution in [0.2, 0.25) is 0 Å². The van der Waals surface area contributed by atoms with Crippen molar-refractivity contribution in [3.05, 3.63) is 66.0 Å². The zero-order valence-electron chi connectivity index (χ0n) is 12.2. The molecule has 0 aliphatic rings. The van der Waals surface area contributed by atoms with E-state index in [1.54, 1.807) is 0 Å². The Morgan fingerprint density at radius 1 is 1.17 bits per heavy atom. The summed E-state index contributed by atoms with van der Waals surface area (Å²) in [4.78, 5) is 0. The second-order valence-electron chi connectivity index (χ2n) is 3.81. The van der Waals surface area contributed by atoms with E-state index in [1.807, 2.05) is 70.2 Å². The maximum atomic E-state index is 5.73. The Morgan fingerprint density at radius 2 is 1.72 bits per heavy atom. The van der Waals surface area contributed by atoms with E-state index in [0.717, 1.165) is 17.1 Å². The molecule has 0 saturated heterocycles. The number of hydrogen-bond acceptors (Lipinski definition) is 1. The average Bonchev–Trinajstić information content (AvgIpc) is 2.34. The topological polar surface area (TPSA) is 9.23 Å². The van der Waals surface area contributed by atoms with E-state index < -0.39 is 0 Å². The van der Waals surface area contributed by atoms with E-state index in [9.17, 15) is 0 Å². The largest absolute Gasteiger partial charge is 0.457 e. The van der Waals surface area contributed by atoms with Gasteiger partial charge in [0.25, 0.3) is 0 Å². The highest BCUT2D eigenvalue weighted by atomic mass is 16.5. The van der Waals surface area contributed by atoms with Crippen molar-refractivity contribution in [2.45, 2.75) is 34.6 Å². The first-order valence-electron chi connectivity index (χ1n) is 6.36. The van der Waals surface area contributed by atoms with Gasteiger partial charge in [0.1, 0.15) is 11.5 Å². The van der Waals surface area contributed by atoms with Crippen molar-refractivity contribution in [3.8, 4) is 5.75 Å². The number of hydrogen-bond donors (Lipinski definition) is 0. The van der Waals surface area contributed by atoms with Crippen molar-refractivity contribution in [3.63, 3.8) is 0 Å². The average molecular weight is 244 g/mol. The molecule has 0 atom stereocenters. The minimum absolute atomic E-state index is 0.804. The van der Waals surface area contributed by atoms with Crippen molar-refractivity contribution in [2.24, 2.45) is 0 Å². The van der Waals surface area contributed by atoms with Crippen molar-refractivity contribution in [2.75, 3.05) is 0 Å². The summed E-state index contributed by atoms with van der Waals surface area (Å²) >= 11 is 0. The normalized spacial score (nSPS) is 10.8. The summed E-state index contributed by atoms with van der Waals surface area (Å²) in [6, 6.07) is 7.99. The molecule has 0 aliphatic carbocycles. The minimum atomic E-state index is 0.804. The van der Waals surface area contributed by atoms with Gasteiger partial charge in [-0.25, -0.2) is 0 Å². The van der Waals surface area contributed by atoms with Crippen molar-refractivity contribution >= 4 is 0 Å². The van der Waals surface area contributed by atoms with Gasteiger partial charge in [-0.05, 0) is 45.1 Å². The summed E-state index contributed by atoms with van der Waals surface area (Å²) in [7, 11) is 0. The van der Waals surface area contributed by atoms with Crippen LogP contribution in [0.25, 0.3) is 0 Å². The first-order valence-corrected chi connectivity index (χ1v) is 6.36. The summed E-state index contributed by atoms with van der Waals surface area (Å²) in [5, 5.41) is 0. The Morgan fingerprint density at radius 3 is 2.17 bits per heavy atom. The molecule has 0 unspecified atom stereocenters. The molecule has 0 bridgehead atoms. The third kappa shape index (κ3) is 6.74. The molecule has 0 aliphatic heterocycles. The van der Waals surface area contributed by atoms with Crippen LogP contribution in [0.3, 0.4) is 0 Å². The molecule has 18 heavy (non-hydrogen) atoms.